The number of benzene rings is 1. The van der Waals surface area contributed by atoms with Crippen molar-refractivity contribution in [3.8, 4) is 5.69 Å². The van der Waals surface area contributed by atoms with E-state index < -0.39 is 6.23 Å². The summed E-state index contributed by atoms with van der Waals surface area (Å²) in [5, 5.41) is 19.0. The maximum absolute atomic E-state index is 10.4. The monoisotopic (exact) mass is 345 g/mol. The smallest absolute Gasteiger partial charge is 0.207 e. The summed E-state index contributed by atoms with van der Waals surface area (Å²) in [6.45, 7) is 0. The zero-order valence-corrected chi connectivity index (χ0v) is 13.1. The summed E-state index contributed by atoms with van der Waals surface area (Å²) in [5.41, 5.74) is 2.28. The molecule has 0 aliphatic carbocycles. The average molecular weight is 346 g/mol. The van der Waals surface area contributed by atoms with E-state index in [1.807, 2.05) is 18.2 Å². The molecule has 1 unspecified atom stereocenters. The van der Waals surface area contributed by atoms with Gasteiger partial charge in [-0.3, -0.25) is 4.57 Å². The summed E-state index contributed by atoms with van der Waals surface area (Å²) in [7, 11) is 0. The molecule has 0 saturated heterocycles. The molecule has 1 atom stereocenters. The molecule has 8 heteroatoms. The van der Waals surface area contributed by atoms with Crippen LogP contribution in [-0.2, 0) is 0 Å². The van der Waals surface area contributed by atoms with Gasteiger partial charge in [0.1, 0.15) is 17.2 Å². The van der Waals surface area contributed by atoms with Crippen LogP contribution in [0, 0.1) is 0 Å². The first-order valence-electron chi connectivity index (χ1n) is 6.73. The molecule has 23 heavy (non-hydrogen) atoms. The van der Waals surface area contributed by atoms with Crippen LogP contribution in [0.3, 0.4) is 0 Å². The lowest BCUT2D eigenvalue weighted by Crippen LogP contribution is -2.10. The Kier molecular flexibility index (Phi) is 3.37. The predicted molar refractivity (Wildman–Crippen MR) is 86.2 cm³/mol. The highest BCUT2D eigenvalue weighted by molar-refractivity contribution is 6.35. The van der Waals surface area contributed by atoms with Gasteiger partial charge in [0.2, 0.25) is 6.23 Å². The molecular weight excluding hydrogens is 337 g/mol. The van der Waals surface area contributed by atoms with E-state index in [9.17, 15) is 5.11 Å². The third kappa shape index (κ3) is 2.31. The molecule has 3 aromatic rings. The Balaban J connectivity index is 2.05. The molecule has 1 aliphatic heterocycles. The van der Waals surface area contributed by atoms with Crippen molar-refractivity contribution < 1.29 is 5.11 Å². The van der Waals surface area contributed by atoms with E-state index in [1.54, 1.807) is 22.8 Å². The number of aliphatic imine (C=N–C) groups is 1. The maximum Gasteiger partial charge on any atom is 0.207 e. The van der Waals surface area contributed by atoms with E-state index in [2.05, 4.69) is 20.2 Å². The molecule has 0 spiro atoms. The second kappa shape index (κ2) is 5.42. The maximum atomic E-state index is 10.4. The first-order valence-corrected chi connectivity index (χ1v) is 7.49. The highest BCUT2D eigenvalue weighted by Crippen LogP contribution is 2.30. The lowest BCUT2D eigenvalue weighted by molar-refractivity contribution is 0.177. The summed E-state index contributed by atoms with van der Waals surface area (Å²) >= 11 is 12.3. The largest absolute Gasteiger partial charge is 0.365 e. The van der Waals surface area contributed by atoms with Gasteiger partial charge in [0.15, 0.2) is 5.82 Å². The molecule has 1 aliphatic rings. The van der Waals surface area contributed by atoms with Gasteiger partial charge in [-0.05, 0) is 18.2 Å². The Labute approximate surface area is 141 Å². The van der Waals surface area contributed by atoms with Crippen molar-refractivity contribution in [1.82, 2.24) is 19.7 Å². The summed E-state index contributed by atoms with van der Waals surface area (Å²) in [6, 6.07) is 10.7. The normalized spacial score (nSPS) is 16.3. The van der Waals surface area contributed by atoms with Crippen molar-refractivity contribution in [2.24, 2.45) is 4.99 Å². The number of rotatable bonds is 1. The van der Waals surface area contributed by atoms with E-state index in [0.717, 1.165) is 0 Å². The Morgan fingerprint density at radius 3 is 2.74 bits per heavy atom. The number of hydrogen-bond acceptors (Lipinski definition) is 5. The minimum absolute atomic E-state index is 0.303. The zero-order chi connectivity index (χ0) is 16.0. The van der Waals surface area contributed by atoms with Crippen LogP contribution in [0.25, 0.3) is 5.69 Å². The fraction of sp³-hybridized carbons (Fsp3) is 0.0667. The van der Waals surface area contributed by atoms with Crippen LogP contribution in [0.15, 0.2) is 47.7 Å². The highest BCUT2D eigenvalue weighted by atomic mass is 35.5. The van der Waals surface area contributed by atoms with Crippen LogP contribution in [0.2, 0.25) is 10.2 Å². The summed E-state index contributed by atoms with van der Waals surface area (Å²) in [6.07, 6.45) is 0.314. The number of aromatic nitrogens is 4. The molecule has 0 bridgehead atoms. The van der Waals surface area contributed by atoms with E-state index in [1.165, 1.54) is 6.33 Å². The van der Waals surface area contributed by atoms with Crippen LogP contribution in [0.1, 0.15) is 23.3 Å². The number of halogens is 2. The van der Waals surface area contributed by atoms with Crippen molar-refractivity contribution in [2.45, 2.75) is 6.23 Å². The molecule has 2 aromatic heterocycles. The number of pyridine rings is 1. The molecular formula is C15H9Cl2N5O. The standard InChI is InChI=1S/C15H9Cl2N5O/c16-9-4-2-1-3-8(9)12-13-10(5-6-11(17)19-13)22-7-18-21-14(22)15(23)20-12/h1-7,15,23H. The van der Waals surface area contributed by atoms with Crippen molar-refractivity contribution >= 4 is 28.9 Å². The fourth-order valence-corrected chi connectivity index (χ4v) is 2.87. The second-order valence-corrected chi connectivity index (χ2v) is 5.69. The molecule has 3 heterocycles. The predicted octanol–water partition coefficient (Wildman–Crippen LogP) is 2.81. The number of fused-ring (bicyclic) bond motifs is 3. The quantitative estimate of drug-likeness (QED) is 0.688. The van der Waals surface area contributed by atoms with E-state index in [0.29, 0.717) is 38.7 Å². The van der Waals surface area contributed by atoms with E-state index in [4.69, 9.17) is 23.2 Å². The van der Waals surface area contributed by atoms with Gasteiger partial charge in [-0.2, -0.15) is 0 Å². The van der Waals surface area contributed by atoms with Gasteiger partial charge >= 0.3 is 0 Å². The first kappa shape index (κ1) is 14.3. The minimum Gasteiger partial charge on any atom is -0.365 e. The molecule has 1 aromatic carbocycles. The number of hydrogen-bond donors (Lipinski definition) is 1. The lowest BCUT2D eigenvalue weighted by atomic mass is 10.1. The Hall–Kier alpha value is -2.28. The Morgan fingerprint density at radius 1 is 1.09 bits per heavy atom. The van der Waals surface area contributed by atoms with Gasteiger partial charge in [-0.15, -0.1) is 10.2 Å². The van der Waals surface area contributed by atoms with Gasteiger partial charge in [-0.1, -0.05) is 41.4 Å². The number of nitrogens with zero attached hydrogens (tertiary/aromatic N) is 5. The molecule has 0 radical (unpaired) electrons. The van der Waals surface area contributed by atoms with Crippen molar-refractivity contribution in [3.05, 3.63) is 70.0 Å². The third-order valence-electron chi connectivity index (χ3n) is 3.51. The Bertz CT molecular complexity index is 937. The topological polar surface area (TPSA) is 76.2 Å². The van der Waals surface area contributed by atoms with Gasteiger partial charge < -0.3 is 5.11 Å². The Morgan fingerprint density at radius 2 is 1.91 bits per heavy atom. The van der Waals surface area contributed by atoms with Crippen LogP contribution in [0.5, 0.6) is 0 Å². The zero-order valence-electron chi connectivity index (χ0n) is 11.6. The van der Waals surface area contributed by atoms with Crippen molar-refractivity contribution in [3.63, 3.8) is 0 Å². The summed E-state index contributed by atoms with van der Waals surface area (Å²) in [4.78, 5) is 8.72. The fourth-order valence-electron chi connectivity index (χ4n) is 2.49. The summed E-state index contributed by atoms with van der Waals surface area (Å²) < 4.78 is 1.64. The van der Waals surface area contributed by atoms with Gasteiger partial charge in [0.25, 0.3) is 0 Å². The summed E-state index contributed by atoms with van der Waals surface area (Å²) in [5.74, 6) is 0.303. The van der Waals surface area contributed by atoms with Gasteiger partial charge in [0, 0.05) is 5.56 Å². The SMILES string of the molecule is OC1N=C(c2ccccc2Cl)c2nc(Cl)ccc2-n2cnnc21. The molecule has 114 valence electrons. The van der Waals surface area contributed by atoms with Crippen LogP contribution < -0.4 is 0 Å². The second-order valence-electron chi connectivity index (χ2n) is 4.89. The van der Waals surface area contributed by atoms with E-state index in [-0.39, 0.29) is 0 Å². The average Bonchev–Trinajstić information content (AvgIpc) is 2.99. The van der Waals surface area contributed by atoms with Crippen LogP contribution in [-0.4, -0.2) is 30.6 Å². The number of aliphatic hydroxyl groups excluding tert-OH is 1. The molecule has 0 amide bonds. The van der Waals surface area contributed by atoms with Crippen molar-refractivity contribution in [1.29, 1.82) is 0 Å². The first-order chi connectivity index (χ1) is 11.1. The third-order valence-corrected chi connectivity index (χ3v) is 4.05. The van der Waals surface area contributed by atoms with E-state index >= 15 is 0 Å². The molecule has 0 fully saturated rings. The van der Waals surface area contributed by atoms with Crippen molar-refractivity contribution in [2.75, 3.05) is 0 Å². The van der Waals surface area contributed by atoms with Crippen LogP contribution in [0.4, 0.5) is 0 Å². The lowest BCUT2D eigenvalue weighted by Gasteiger charge is -2.11. The minimum atomic E-state index is -1.18. The van der Waals surface area contributed by atoms with Gasteiger partial charge in [-0.25, -0.2) is 9.98 Å². The van der Waals surface area contributed by atoms with Gasteiger partial charge in [0.05, 0.1) is 16.4 Å². The molecule has 0 saturated carbocycles. The number of aliphatic hydroxyl groups is 1. The molecule has 4 rings (SSSR count). The molecule has 1 N–H and O–H groups in total. The molecule has 6 nitrogen and oxygen atoms in total. The highest BCUT2D eigenvalue weighted by Gasteiger charge is 2.27. The van der Waals surface area contributed by atoms with Crippen LogP contribution >= 0.6 is 23.2 Å².